The molecule has 2 rings (SSSR count). The van der Waals surface area contributed by atoms with E-state index in [1.54, 1.807) is 11.1 Å². The molecule has 1 aliphatic heterocycles. The zero-order valence-electron chi connectivity index (χ0n) is 15.3. The van der Waals surface area contributed by atoms with Gasteiger partial charge in [-0.05, 0) is 38.0 Å². The number of benzene rings is 1. The van der Waals surface area contributed by atoms with Crippen LogP contribution in [0.25, 0.3) is 0 Å². The molecule has 0 atom stereocenters. The van der Waals surface area contributed by atoms with Crippen LogP contribution in [0.3, 0.4) is 0 Å². The number of anilines is 1. The van der Waals surface area contributed by atoms with Gasteiger partial charge in [-0.2, -0.15) is 5.10 Å². The summed E-state index contributed by atoms with van der Waals surface area (Å²) in [6.07, 6.45) is 2.57. The normalized spacial score (nSPS) is 13.2. The summed E-state index contributed by atoms with van der Waals surface area (Å²) in [4.78, 5) is 15.9. The fourth-order valence-corrected chi connectivity index (χ4v) is 3.10. The van der Waals surface area contributed by atoms with E-state index in [9.17, 15) is 9.18 Å². The summed E-state index contributed by atoms with van der Waals surface area (Å²) in [6.45, 7) is 6.79. The SMILES string of the molecule is CCCN(CCN(C)c1cc(Cl)cc2c1C=NNC2)C(=O)C(C)(C)F. The maximum atomic E-state index is 14.0. The molecule has 7 heteroatoms. The minimum Gasteiger partial charge on any atom is -0.372 e. The maximum Gasteiger partial charge on any atom is 0.259 e. The molecule has 1 heterocycles. The van der Waals surface area contributed by atoms with Gasteiger partial charge in [0.15, 0.2) is 5.67 Å². The first-order valence-electron chi connectivity index (χ1n) is 8.51. The van der Waals surface area contributed by atoms with Crippen LogP contribution < -0.4 is 10.3 Å². The number of halogens is 2. The minimum absolute atomic E-state index is 0.452. The predicted octanol–water partition coefficient (Wildman–Crippen LogP) is 3.20. The van der Waals surface area contributed by atoms with E-state index >= 15 is 0 Å². The molecule has 0 unspecified atom stereocenters. The van der Waals surface area contributed by atoms with Crippen molar-refractivity contribution in [2.24, 2.45) is 5.10 Å². The van der Waals surface area contributed by atoms with E-state index in [0.717, 1.165) is 23.2 Å². The first-order chi connectivity index (χ1) is 11.7. The first-order valence-corrected chi connectivity index (χ1v) is 8.89. The largest absolute Gasteiger partial charge is 0.372 e. The summed E-state index contributed by atoms with van der Waals surface area (Å²) < 4.78 is 14.0. The van der Waals surface area contributed by atoms with Crippen molar-refractivity contribution in [2.75, 3.05) is 31.6 Å². The second-order valence-electron chi connectivity index (χ2n) is 6.78. The molecule has 0 aliphatic carbocycles. The van der Waals surface area contributed by atoms with Crippen molar-refractivity contribution in [3.63, 3.8) is 0 Å². The Morgan fingerprint density at radius 3 is 2.72 bits per heavy atom. The number of carbonyl (C=O) groups excluding carboxylic acids is 1. The van der Waals surface area contributed by atoms with E-state index in [2.05, 4.69) is 10.5 Å². The Morgan fingerprint density at radius 2 is 2.08 bits per heavy atom. The summed E-state index contributed by atoms with van der Waals surface area (Å²) in [5.74, 6) is -0.471. The zero-order chi connectivity index (χ0) is 18.6. The Morgan fingerprint density at radius 1 is 1.36 bits per heavy atom. The van der Waals surface area contributed by atoms with Crippen molar-refractivity contribution < 1.29 is 9.18 Å². The van der Waals surface area contributed by atoms with E-state index in [1.807, 2.05) is 31.0 Å². The number of amides is 1. The van der Waals surface area contributed by atoms with Gasteiger partial charge in [-0.25, -0.2) is 4.39 Å². The molecule has 0 spiro atoms. The summed E-state index contributed by atoms with van der Waals surface area (Å²) in [7, 11) is 1.94. The van der Waals surface area contributed by atoms with Gasteiger partial charge in [-0.15, -0.1) is 0 Å². The number of carbonyl (C=O) groups is 1. The molecule has 5 nitrogen and oxygen atoms in total. The molecule has 0 saturated heterocycles. The van der Waals surface area contributed by atoms with Crippen molar-refractivity contribution >= 4 is 29.4 Å². The van der Waals surface area contributed by atoms with Crippen molar-refractivity contribution in [3.8, 4) is 0 Å². The molecule has 1 aromatic rings. The monoisotopic (exact) mass is 368 g/mol. The highest BCUT2D eigenvalue weighted by atomic mass is 35.5. The average molecular weight is 369 g/mol. The molecule has 0 radical (unpaired) electrons. The fraction of sp³-hybridized carbons (Fsp3) is 0.556. The molecule has 138 valence electrons. The molecule has 1 aliphatic rings. The van der Waals surface area contributed by atoms with Gasteiger partial charge >= 0.3 is 0 Å². The van der Waals surface area contributed by atoms with Crippen LogP contribution in [-0.2, 0) is 11.3 Å². The molecule has 0 saturated carbocycles. The lowest BCUT2D eigenvalue weighted by atomic mass is 10.0. The highest BCUT2D eigenvalue weighted by Gasteiger charge is 2.31. The molecule has 0 fully saturated rings. The Hall–Kier alpha value is -1.82. The fourth-order valence-electron chi connectivity index (χ4n) is 2.86. The lowest BCUT2D eigenvalue weighted by molar-refractivity contribution is -0.141. The van der Waals surface area contributed by atoms with Gasteiger partial charge in [-0.1, -0.05) is 18.5 Å². The second kappa shape index (κ2) is 8.04. The van der Waals surface area contributed by atoms with Gasteiger partial charge in [0.05, 0.1) is 12.8 Å². The summed E-state index contributed by atoms with van der Waals surface area (Å²) in [5, 5.41) is 4.77. The third-order valence-corrected chi connectivity index (χ3v) is 4.39. The van der Waals surface area contributed by atoms with Gasteiger partial charge in [0, 0.05) is 43.0 Å². The van der Waals surface area contributed by atoms with Gasteiger partial charge in [0.2, 0.25) is 0 Å². The lowest BCUT2D eigenvalue weighted by Crippen LogP contribution is -2.46. The minimum atomic E-state index is -1.86. The maximum absolute atomic E-state index is 14.0. The summed E-state index contributed by atoms with van der Waals surface area (Å²) in [6, 6.07) is 3.81. The van der Waals surface area contributed by atoms with Crippen LogP contribution in [0.1, 0.15) is 38.3 Å². The second-order valence-corrected chi connectivity index (χ2v) is 7.21. The smallest absolute Gasteiger partial charge is 0.259 e. The number of likely N-dealkylation sites (N-methyl/N-ethyl adjacent to an activating group) is 1. The standard InChI is InChI=1S/C18H26ClFN4O/c1-5-6-24(17(25)18(2,3)20)8-7-23(4)16-10-14(19)9-13-11-21-22-12-15(13)16/h9-10,12,21H,5-8,11H2,1-4H3. The molecule has 1 amide bonds. The van der Waals surface area contributed by atoms with E-state index in [0.29, 0.717) is 31.2 Å². The van der Waals surface area contributed by atoms with Crippen LogP contribution in [-0.4, -0.2) is 49.4 Å². The van der Waals surface area contributed by atoms with Crippen molar-refractivity contribution in [3.05, 3.63) is 28.3 Å². The van der Waals surface area contributed by atoms with Gasteiger partial charge in [-0.3, -0.25) is 4.79 Å². The number of hydrogen-bond acceptors (Lipinski definition) is 4. The quantitative estimate of drug-likeness (QED) is 0.804. The third-order valence-electron chi connectivity index (χ3n) is 4.17. The highest BCUT2D eigenvalue weighted by molar-refractivity contribution is 6.31. The van der Waals surface area contributed by atoms with Crippen molar-refractivity contribution in [1.29, 1.82) is 0 Å². The highest BCUT2D eigenvalue weighted by Crippen LogP contribution is 2.28. The number of nitrogens with zero attached hydrogens (tertiary/aromatic N) is 3. The van der Waals surface area contributed by atoms with Gasteiger partial charge < -0.3 is 15.2 Å². The Labute approximate surface area is 153 Å². The summed E-state index contributed by atoms with van der Waals surface area (Å²) in [5.41, 5.74) is 4.12. The van der Waals surface area contributed by atoms with Crippen LogP contribution >= 0.6 is 11.6 Å². The molecule has 25 heavy (non-hydrogen) atoms. The number of hydrazone groups is 1. The van der Waals surface area contributed by atoms with E-state index < -0.39 is 11.6 Å². The van der Waals surface area contributed by atoms with Crippen LogP contribution in [0.2, 0.25) is 5.02 Å². The topological polar surface area (TPSA) is 47.9 Å². The number of nitrogens with one attached hydrogen (secondary N) is 1. The molecular formula is C18H26ClFN4O. The van der Waals surface area contributed by atoms with Crippen LogP contribution in [0.5, 0.6) is 0 Å². The first kappa shape index (κ1) is 19.5. The Kier molecular flexibility index (Phi) is 6.27. The predicted molar refractivity (Wildman–Crippen MR) is 101 cm³/mol. The molecule has 0 aromatic heterocycles. The number of alkyl halides is 1. The van der Waals surface area contributed by atoms with Gasteiger partial charge in [0.25, 0.3) is 5.91 Å². The lowest BCUT2D eigenvalue weighted by Gasteiger charge is -2.30. The molecule has 1 aromatic carbocycles. The zero-order valence-corrected chi connectivity index (χ0v) is 16.0. The number of rotatable bonds is 7. The third kappa shape index (κ3) is 4.84. The van der Waals surface area contributed by atoms with Crippen LogP contribution in [0, 0.1) is 0 Å². The molecule has 0 bridgehead atoms. The van der Waals surface area contributed by atoms with E-state index in [4.69, 9.17) is 11.6 Å². The van der Waals surface area contributed by atoms with Crippen molar-refractivity contribution in [1.82, 2.24) is 10.3 Å². The van der Waals surface area contributed by atoms with Gasteiger partial charge in [0.1, 0.15) is 0 Å². The van der Waals surface area contributed by atoms with Crippen LogP contribution in [0.4, 0.5) is 10.1 Å². The summed E-state index contributed by atoms with van der Waals surface area (Å²) >= 11 is 6.24. The Bertz CT molecular complexity index is 657. The Balaban J connectivity index is 2.14. The van der Waals surface area contributed by atoms with Crippen molar-refractivity contribution in [2.45, 2.75) is 39.4 Å². The number of fused-ring (bicyclic) bond motifs is 1. The van der Waals surface area contributed by atoms with E-state index in [-0.39, 0.29) is 0 Å². The van der Waals surface area contributed by atoms with Crippen LogP contribution in [0.15, 0.2) is 17.2 Å². The number of hydrogen-bond donors (Lipinski definition) is 1. The molecule has 1 N–H and O–H groups in total. The molecular weight excluding hydrogens is 343 g/mol. The average Bonchev–Trinajstić information content (AvgIpc) is 2.56. The van der Waals surface area contributed by atoms with E-state index in [1.165, 1.54) is 13.8 Å².